The second-order valence-corrected chi connectivity index (χ2v) is 18.9. The van der Waals surface area contributed by atoms with E-state index in [9.17, 15) is 14.7 Å². The lowest BCUT2D eigenvalue weighted by Crippen LogP contribution is -2.53. The van der Waals surface area contributed by atoms with Crippen molar-refractivity contribution in [2.45, 2.75) is 24.2 Å². The van der Waals surface area contributed by atoms with Gasteiger partial charge in [-0.15, -0.1) is 0 Å². The molecule has 5 aromatic rings. The van der Waals surface area contributed by atoms with Gasteiger partial charge in [-0.05, 0) is 147 Å². The van der Waals surface area contributed by atoms with Gasteiger partial charge in [0, 0.05) is 35.2 Å². The van der Waals surface area contributed by atoms with Crippen molar-refractivity contribution in [3.05, 3.63) is 139 Å². The van der Waals surface area contributed by atoms with E-state index >= 15 is 9.59 Å². The van der Waals surface area contributed by atoms with E-state index in [4.69, 9.17) is 32.7 Å². The third-order valence-corrected chi connectivity index (χ3v) is 15.7. The summed E-state index contributed by atoms with van der Waals surface area (Å²) < 4.78 is 11.8. The van der Waals surface area contributed by atoms with Crippen LogP contribution in [0.3, 0.4) is 0 Å². The number of methoxy groups -OCH3 is 2. The lowest BCUT2D eigenvalue weighted by Gasteiger charge is -2.51. The first-order chi connectivity index (χ1) is 31.2. The number of hydrazine groups is 1. The standard InChI is InChI=1S/C48H40Br2Cl2N6O7/c1-56(2)28-12-8-26(9-13-28)53-54-27-10-14-29(15-11-27)57-44(60)32-19-18-31-33(39(32)46(57)62)22-35-45(61)58(55-37-20-7-25(51)21-36(37)52)47(63)48(35,24-5-16-30(64-3)17-6-24)40(31)34-23-38(65-4)43(59)42(50)41(34)49/h5-18,20-21,23,32-33,35,39-40,55,59H,19,22H2,1-4H3/t32-,33+,35-,39-,40+,48+/m0/s1. The number of carbonyl (C=O) groups excluding carboxylic acids is 4. The first kappa shape index (κ1) is 44.5. The number of carbonyl (C=O) groups is 4. The minimum atomic E-state index is -1.65. The van der Waals surface area contributed by atoms with E-state index in [-0.39, 0.29) is 45.4 Å². The number of allylic oxidation sites excluding steroid dienone is 2. The zero-order valence-corrected chi connectivity index (χ0v) is 39.9. The average Bonchev–Trinajstić information content (AvgIpc) is 3.69. The number of fused-ring (bicyclic) bond motifs is 4. The van der Waals surface area contributed by atoms with Gasteiger partial charge in [0.25, 0.3) is 11.8 Å². The van der Waals surface area contributed by atoms with Gasteiger partial charge in [0.15, 0.2) is 11.5 Å². The molecule has 4 aliphatic rings. The van der Waals surface area contributed by atoms with Crippen LogP contribution in [0.5, 0.6) is 17.2 Å². The van der Waals surface area contributed by atoms with Gasteiger partial charge in [-0.1, -0.05) is 47.0 Å². The smallest absolute Gasteiger partial charge is 0.260 e. The predicted octanol–water partition coefficient (Wildman–Crippen LogP) is 10.9. The van der Waals surface area contributed by atoms with Gasteiger partial charge in [0.05, 0.1) is 69.6 Å². The second kappa shape index (κ2) is 17.2. The maximum atomic E-state index is 15.7. The highest BCUT2D eigenvalue weighted by molar-refractivity contribution is 9.13. The molecule has 2 N–H and O–H groups in total. The number of imide groups is 2. The number of azo groups is 1. The summed E-state index contributed by atoms with van der Waals surface area (Å²) in [5.41, 5.74) is 5.93. The van der Waals surface area contributed by atoms with Crippen LogP contribution >= 0.6 is 55.1 Å². The quantitative estimate of drug-likeness (QED) is 0.0790. The van der Waals surface area contributed by atoms with Crippen LogP contribution in [0.2, 0.25) is 10.0 Å². The van der Waals surface area contributed by atoms with Crippen LogP contribution < -0.4 is 24.7 Å². The minimum Gasteiger partial charge on any atom is -0.503 e. The molecule has 13 nitrogen and oxygen atoms in total. The van der Waals surface area contributed by atoms with Gasteiger partial charge >= 0.3 is 0 Å². The topological polar surface area (TPSA) is 153 Å². The van der Waals surface area contributed by atoms with Gasteiger partial charge in [-0.2, -0.15) is 15.2 Å². The lowest BCUT2D eigenvalue weighted by atomic mass is 9.49. The Labute approximate surface area is 401 Å². The summed E-state index contributed by atoms with van der Waals surface area (Å²) in [6.45, 7) is 0. The molecule has 0 unspecified atom stereocenters. The van der Waals surface area contributed by atoms with E-state index < -0.39 is 52.7 Å². The lowest BCUT2D eigenvalue weighted by molar-refractivity contribution is -0.138. The Bertz CT molecular complexity index is 2840. The van der Waals surface area contributed by atoms with E-state index in [1.807, 2.05) is 49.3 Å². The van der Waals surface area contributed by atoms with Crippen LogP contribution in [0.4, 0.5) is 28.4 Å². The number of nitrogens with zero attached hydrogens (tertiary/aromatic N) is 5. The fourth-order valence-corrected chi connectivity index (χ4v) is 11.4. The monoisotopic (exact) mass is 1040 g/mol. The van der Waals surface area contributed by atoms with Crippen LogP contribution in [0.1, 0.15) is 29.9 Å². The molecule has 2 heterocycles. The average molecular weight is 1040 g/mol. The summed E-state index contributed by atoms with van der Waals surface area (Å²) in [6.07, 6.45) is 2.18. The minimum absolute atomic E-state index is 0.0440. The Kier molecular flexibility index (Phi) is 11.8. The van der Waals surface area contributed by atoms with Crippen molar-refractivity contribution in [1.29, 1.82) is 0 Å². The molecule has 4 amide bonds. The van der Waals surface area contributed by atoms with Crippen LogP contribution in [-0.4, -0.2) is 62.1 Å². The number of phenols is 1. The fraction of sp³-hybridized carbons (Fsp3) is 0.250. The van der Waals surface area contributed by atoms with Gasteiger partial charge in [-0.3, -0.25) is 29.5 Å². The van der Waals surface area contributed by atoms with Crippen molar-refractivity contribution in [2.75, 3.05) is 43.5 Å². The third kappa shape index (κ3) is 7.27. The maximum Gasteiger partial charge on any atom is 0.260 e. The number of hydrogen-bond donors (Lipinski definition) is 2. The van der Waals surface area contributed by atoms with Gasteiger partial charge < -0.3 is 19.5 Å². The van der Waals surface area contributed by atoms with Crippen molar-refractivity contribution in [3.8, 4) is 17.2 Å². The number of anilines is 3. The molecule has 2 saturated heterocycles. The Hall–Kier alpha value is -5.74. The summed E-state index contributed by atoms with van der Waals surface area (Å²) >= 11 is 20.1. The van der Waals surface area contributed by atoms with Crippen molar-refractivity contribution in [3.63, 3.8) is 0 Å². The van der Waals surface area contributed by atoms with E-state index in [1.165, 1.54) is 25.2 Å². The van der Waals surface area contributed by atoms with E-state index in [0.29, 0.717) is 49.0 Å². The predicted molar refractivity (Wildman–Crippen MR) is 255 cm³/mol. The first-order valence-electron chi connectivity index (χ1n) is 20.6. The highest BCUT2D eigenvalue weighted by atomic mass is 79.9. The molecule has 6 atom stereocenters. The zero-order valence-electron chi connectivity index (χ0n) is 35.3. The number of nitrogens with one attached hydrogen (secondary N) is 1. The third-order valence-electron chi connectivity index (χ3n) is 13.0. The summed E-state index contributed by atoms with van der Waals surface area (Å²) in [5.74, 6) is -5.79. The molecule has 65 heavy (non-hydrogen) atoms. The van der Waals surface area contributed by atoms with Crippen molar-refractivity contribution < 1.29 is 33.8 Å². The Morgan fingerprint density at radius 1 is 0.800 bits per heavy atom. The molecule has 9 rings (SSSR count). The normalized spacial score (nSPS) is 23.6. The van der Waals surface area contributed by atoms with Gasteiger partial charge in [-0.25, -0.2) is 0 Å². The largest absolute Gasteiger partial charge is 0.503 e. The molecule has 3 fully saturated rings. The number of rotatable bonds is 10. The Morgan fingerprint density at radius 3 is 2.08 bits per heavy atom. The Balaban J connectivity index is 1.15. The molecular weight excluding hydrogens is 1000 g/mol. The summed E-state index contributed by atoms with van der Waals surface area (Å²) in [4.78, 5) is 63.6. The van der Waals surface area contributed by atoms with Gasteiger partial charge in [0.2, 0.25) is 11.8 Å². The van der Waals surface area contributed by atoms with Crippen LogP contribution in [-0.2, 0) is 24.6 Å². The molecule has 332 valence electrons. The molecule has 2 aliphatic heterocycles. The van der Waals surface area contributed by atoms with E-state index in [2.05, 4.69) is 47.5 Å². The SMILES string of the molecule is COc1ccc([C@@]23C(=O)N(Nc4ccc(Cl)cc4Cl)C(=O)[C@@H]2C[C@@H]2C(=CC[C@@H]4C(=O)N(c5ccc(N=Nc6ccc(N(C)C)cc6)cc5)C(=O)[C@@H]42)[C@@H]3c2cc(OC)c(O)c(Br)c2Br)cc1. The number of phenolic OH excluding ortho intramolecular Hbond substituents is 1. The molecule has 0 bridgehead atoms. The molecular formula is C48H40Br2Cl2N6O7. The van der Waals surface area contributed by atoms with Crippen molar-refractivity contribution in [1.82, 2.24) is 5.01 Å². The number of amides is 4. The maximum absolute atomic E-state index is 15.7. The second-order valence-electron chi connectivity index (χ2n) is 16.5. The summed E-state index contributed by atoms with van der Waals surface area (Å²) in [7, 11) is 6.86. The number of benzene rings is 5. The Morgan fingerprint density at radius 2 is 1.46 bits per heavy atom. The number of ether oxygens (including phenoxy) is 2. The molecule has 0 spiro atoms. The highest BCUT2D eigenvalue weighted by Crippen LogP contribution is 2.66. The number of hydrogen-bond acceptors (Lipinski definition) is 11. The van der Waals surface area contributed by atoms with Crippen LogP contribution in [0.25, 0.3) is 0 Å². The van der Waals surface area contributed by atoms with Crippen molar-refractivity contribution >= 4 is 107 Å². The zero-order chi connectivity index (χ0) is 46.1. The van der Waals surface area contributed by atoms with Crippen molar-refractivity contribution in [2.24, 2.45) is 33.9 Å². The molecule has 2 aliphatic carbocycles. The molecule has 17 heteroatoms. The summed E-state index contributed by atoms with van der Waals surface area (Å²) in [5, 5.41) is 21.4. The van der Waals surface area contributed by atoms with Crippen LogP contribution in [0.15, 0.2) is 128 Å². The number of aromatic hydroxyl groups is 1. The van der Waals surface area contributed by atoms with E-state index in [0.717, 1.165) is 10.7 Å². The fourth-order valence-electron chi connectivity index (χ4n) is 10.0. The highest BCUT2D eigenvalue weighted by Gasteiger charge is 2.70. The molecule has 0 radical (unpaired) electrons. The van der Waals surface area contributed by atoms with E-state index in [1.54, 1.807) is 66.7 Å². The summed E-state index contributed by atoms with van der Waals surface area (Å²) in [6, 6.07) is 27.7. The molecule has 0 aromatic heterocycles. The molecule has 1 saturated carbocycles. The van der Waals surface area contributed by atoms with Gasteiger partial charge in [0.1, 0.15) is 5.75 Å². The number of halogens is 4. The van der Waals surface area contributed by atoms with Crippen LogP contribution in [0, 0.1) is 23.7 Å². The first-order valence-corrected chi connectivity index (χ1v) is 22.9. The molecule has 5 aromatic carbocycles.